The van der Waals surface area contributed by atoms with Crippen molar-refractivity contribution in [1.82, 2.24) is 0 Å². The number of halogens is 1. The Hall–Kier alpha value is -1.81. The Morgan fingerprint density at radius 3 is 2.38 bits per heavy atom. The van der Waals surface area contributed by atoms with Gasteiger partial charge in [-0.05, 0) is 43.7 Å². The molecule has 0 unspecified atom stereocenters. The molecule has 0 aliphatic rings. The van der Waals surface area contributed by atoms with Gasteiger partial charge in [-0.3, -0.25) is 4.79 Å². The number of hydrogen-bond acceptors (Lipinski definition) is 2. The second-order valence-corrected chi connectivity index (χ2v) is 5.91. The molecule has 2 N–H and O–H groups in total. The Morgan fingerprint density at radius 1 is 1.05 bits per heavy atom. The van der Waals surface area contributed by atoms with Crippen LogP contribution in [0.25, 0.3) is 0 Å². The lowest BCUT2D eigenvalue weighted by Gasteiger charge is -2.09. The second kappa shape index (κ2) is 7.27. The monoisotopic (exact) mass is 346 g/mol. The molecular formula is C17H19BrN2O. The third kappa shape index (κ3) is 4.90. The molecule has 1 amide bonds. The maximum absolute atomic E-state index is 11.9. The van der Waals surface area contributed by atoms with Crippen LogP contribution in [-0.4, -0.2) is 12.5 Å². The van der Waals surface area contributed by atoms with Crippen LogP contribution < -0.4 is 10.6 Å². The summed E-state index contributed by atoms with van der Waals surface area (Å²) in [5, 5.41) is 6.14. The Morgan fingerprint density at radius 2 is 1.71 bits per heavy atom. The van der Waals surface area contributed by atoms with E-state index in [1.807, 2.05) is 49.4 Å². The maximum Gasteiger partial charge on any atom is 0.226 e. The first-order valence-electron chi connectivity index (χ1n) is 6.91. The summed E-state index contributed by atoms with van der Waals surface area (Å²) < 4.78 is 0.998. The van der Waals surface area contributed by atoms with E-state index in [2.05, 4.69) is 33.5 Å². The smallest absolute Gasteiger partial charge is 0.226 e. The average Bonchev–Trinajstić information content (AvgIpc) is 2.45. The van der Waals surface area contributed by atoms with Crippen molar-refractivity contribution >= 4 is 33.2 Å². The van der Waals surface area contributed by atoms with Gasteiger partial charge in [-0.25, -0.2) is 0 Å². The second-order valence-electron chi connectivity index (χ2n) is 5.05. The summed E-state index contributed by atoms with van der Waals surface area (Å²) in [7, 11) is 0. The number of carbonyl (C=O) groups is 1. The van der Waals surface area contributed by atoms with Crippen molar-refractivity contribution in [2.45, 2.75) is 20.3 Å². The molecule has 2 aromatic rings. The third-order valence-corrected chi connectivity index (χ3v) is 4.04. The topological polar surface area (TPSA) is 41.1 Å². The van der Waals surface area contributed by atoms with Crippen molar-refractivity contribution in [2.24, 2.45) is 0 Å². The highest BCUT2D eigenvalue weighted by atomic mass is 79.9. The Labute approximate surface area is 133 Å². The van der Waals surface area contributed by atoms with Crippen LogP contribution in [0.5, 0.6) is 0 Å². The molecule has 0 spiro atoms. The van der Waals surface area contributed by atoms with Gasteiger partial charge in [0.1, 0.15) is 0 Å². The number of benzene rings is 2. The van der Waals surface area contributed by atoms with Crippen LogP contribution >= 0.6 is 15.9 Å². The Kier molecular flexibility index (Phi) is 5.39. The zero-order valence-corrected chi connectivity index (χ0v) is 13.8. The number of hydrogen-bond donors (Lipinski definition) is 2. The number of rotatable bonds is 5. The van der Waals surface area contributed by atoms with Crippen molar-refractivity contribution in [1.29, 1.82) is 0 Å². The van der Waals surface area contributed by atoms with Crippen LogP contribution in [0.15, 0.2) is 46.9 Å². The van der Waals surface area contributed by atoms with E-state index >= 15 is 0 Å². The summed E-state index contributed by atoms with van der Waals surface area (Å²) in [5.74, 6) is 0.00497. The van der Waals surface area contributed by atoms with E-state index in [0.717, 1.165) is 21.4 Å². The minimum atomic E-state index is 0.00497. The van der Waals surface area contributed by atoms with Gasteiger partial charge in [0.2, 0.25) is 5.91 Å². The van der Waals surface area contributed by atoms with Gasteiger partial charge in [0.25, 0.3) is 0 Å². The van der Waals surface area contributed by atoms with Gasteiger partial charge in [-0.2, -0.15) is 0 Å². The van der Waals surface area contributed by atoms with Crippen LogP contribution in [0.2, 0.25) is 0 Å². The average molecular weight is 347 g/mol. The van der Waals surface area contributed by atoms with E-state index in [9.17, 15) is 4.79 Å². The fourth-order valence-electron chi connectivity index (χ4n) is 1.89. The van der Waals surface area contributed by atoms with Crippen LogP contribution in [0.3, 0.4) is 0 Å². The van der Waals surface area contributed by atoms with Gasteiger partial charge in [0.15, 0.2) is 0 Å². The summed E-state index contributed by atoms with van der Waals surface area (Å²) in [4.78, 5) is 11.9. The first kappa shape index (κ1) is 15.6. The fourth-order valence-corrected chi connectivity index (χ4v) is 2.26. The van der Waals surface area contributed by atoms with Gasteiger partial charge in [0.05, 0.1) is 0 Å². The molecule has 0 saturated carbocycles. The zero-order chi connectivity index (χ0) is 15.2. The molecule has 0 atom stereocenters. The molecule has 0 fully saturated rings. The minimum absolute atomic E-state index is 0.00497. The molecular weight excluding hydrogens is 328 g/mol. The molecule has 2 rings (SSSR count). The van der Waals surface area contributed by atoms with Gasteiger partial charge >= 0.3 is 0 Å². The number of aryl methyl sites for hydroxylation is 2. The highest BCUT2D eigenvalue weighted by Gasteiger charge is 2.03. The summed E-state index contributed by atoms with van der Waals surface area (Å²) in [6.07, 6.45) is 0.430. The summed E-state index contributed by atoms with van der Waals surface area (Å²) in [6.45, 7) is 4.68. The fraction of sp³-hybridized carbons (Fsp3) is 0.235. The van der Waals surface area contributed by atoms with Crippen LogP contribution in [0.4, 0.5) is 11.4 Å². The van der Waals surface area contributed by atoms with Gasteiger partial charge in [0, 0.05) is 28.8 Å². The minimum Gasteiger partial charge on any atom is -0.385 e. The number of nitrogens with one attached hydrogen (secondary N) is 2. The molecule has 0 aliphatic heterocycles. The van der Waals surface area contributed by atoms with Gasteiger partial charge in [-0.15, -0.1) is 0 Å². The molecule has 0 radical (unpaired) electrons. The molecule has 3 nitrogen and oxygen atoms in total. The lowest BCUT2D eigenvalue weighted by atomic mass is 10.2. The van der Waals surface area contributed by atoms with Crippen LogP contribution in [0.1, 0.15) is 17.5 Å². The lowest BCUT2D eigenvalue weighted by Crippen LogP contribution is -2.16. The summed E-state index contributed by atoms with van der Waals surface area (Å²) in [6, 6.07) is 13.9. The third-order valence-electron chi connectivity index (χ3n) is 3.19. The van der Waals surface area contributed by atoms with Gasteiger partial charge < -0.3 is 10.6 Å². The molecule has 21 heavy (non-hydrogen) atoms. The quantitative estimate of drug-likeness (QED) is 0.836. The standard InChI is InChI=1S/C17H19BrN2O/c1-12-3-6-14(7-4-12)19-10-9-17(21)20-15-8-5-13(2)16(18)11-15/h3-8,11,19H,9-10H2,1-2H3,(H,20,21). The molecule has 110 valence electrons. The SMILES string of the molecule is Cc1ccc(NCCC(=O)Nc2ccc(C)c(Br)c2)cc1. The normalized spacial score (nSPS) is 10.2. The van der Waals surface area contributed by atoms with Crippen molar-refractivity contribution in [3.8, 4) is 0 Å². The summed E-state index contributed by atoms with van der Waals surface area (Å²) in [5.41, 5.74) is 4.22. The Balaban J connectivity index is 1.79. The predicted molar refractivity (Wildman–Crippen MR) is 91.8 cm³/mol. The highest BCUT2D eigenvalue weighted by molar-refractivity contribution is 9.10. The van der Waals surface area contributed by atoms with E-state index < -0.39 is 0 Å². The van der Waals surface area contributed by atoms with Crippen LogP contribution in [-0.2, 0) is 4.79 Å². The molecule has 0 bridgehead atoms. The van der Waals surface area contributed by atoms with Crippen molar-refractivity contribution in [3.05, 3.63) is 58.1 Å². The maximum atomic E-state index is 11.9. The zero-order valence-electron chi connectivity index (χ0n) is 12.2. The van der Waals surface area contributed by atoms with E-state index in [0.29, 0.717) is 13.0 Å². The number of anilines is 2. The molecule has 0 aromatic heterocycles. The summed E-state index contributed by atoms with van der Waals surface area (Å²) >= 11 is 3.46. The lowest BCUT2D eigenvalue weighted by molar-refractivity contribution is -0.115. The molecule has 0 saturated heterocycles. The first-order chi connectivity index (χ1) is 10.0. The van der Waals surface area contributed by atoms with Crippen LogP contribution in [0, 0.1) is 13.8 Å². The Bertz CT molecular complexity index is 623. The predicted octanol–water partition coefficient (Wildman–Crippen LogP) is 4.51. The van der Waals surface area contributed by atoms with E-state index in [4.69, 9.17) is 0 Å². The van der Waals surface area contributed by atoms with Gasteiger partial charge in [-0.1, -0.05) is 39.7 Å². The largest absolute Gasteiger partial charge is 0.385 e. The van der Waals surface area contributed by atoms with Crippen molar-refractivity contribution < 1.29 is 4.79 Å². The number of carbonyl (C=O) groups excluding carboxylic acids is 1. The van der Waals surface area contributed by atoms with E-state index in [1.165, 1.54) is 5.56 Å². The van der Waals surface area contributed by atoms with E-state index in [1.54, 1.807) is 0 Å². The molecule has 2 aromatic carbocycles. The first-order valence-corrected chi connectivity index (χ1v) is 7.70. The van der Waals surface area contributed by atoms with E-state index in [-0.39, 0.29) is 5.91 Å². The highest BCUT2D eigenvalue weighted by Crippen LogP contribution is 2.20. The molecule has 0 heterocycles. The van der Waals surface area contributed by atoms with Crippen molar-refractivity contribution in [2.75, 3.05) is 17.2 Å². The number of amides is 1. The molecule has 4 heteroatoms. The van der Waals surface area contributed by atoms with Crippen molar-refractivity contribution in [3.63, 3.8) is 0 Å². The molecule has 0 aliphatic carbocycles.